The molecular formula is C20H30BrNO3. The van der Waals surface area contributed by atoms with E-state index in [0.717, 1.165) is 60.7 Å². The Labute approximate surface area is 160 Å². The van der Waals surface area contributed by atoms with E-state index in [4.69, 9.17) is 9.47 Å². The Kier molecular flexibility index (Phi) is 8.24. The van der Waals surface area contributed by atoms with Crippen molar-refractivity contribution in [3.63, 3.8) is 0 Å². The first-order chi connectivity index (χ1) is 12.0. The molecule has 1 aromatic carbocycles. The van der Waals surface area contributed by atoms with Gasteiger partial charge in [0.05, 0.1) is 13.2 Å². The minimum atomic E-state index is -0.122. The number of halogens is 1. The van der Waals surface area contributed by atoms with Crippen LogP contribution >= 0.6 is 15.9 Å². The van der Waals surface area contributed by atoms with Gasteiger partial charge in [0.25, 0.3) is 0 Å². The molecule has 0 N–H and O–H groups in total. The van der Waals surface area contributed by atoms with Crippen LogP contribution in [0.4, 0.5) is 0 Å². The van der Waals surface area contributed by atoms with Gasteiger partial charge < -0.3 is 9.47 Å². The number of likely N-dealkylation sites (tertiary alicyclic amines) is 1. The van der Waals surface area contributed by atoms with E-state index >= 15 is 0 Å². The Morgan fingerprint density at radius 3 is 2.76 bits per heavy atom. The summed E-state index contributed by atoms with van der Waals surface area (Å²) in [7, 11) is 0. The molecule has 5 heteroatoms. The predicted octanol–water partition coefficient (Wildman–Crippen LogP) is 4.58. The smallest absolute Gasteiger partial charge is 0.323 e. The standard InChI is InChI=1S/C20H30BrNO3/c1-4-24-20(23)16(3)22-12-10-17(11-13-22)7-6-14-25-19-9-5-8-18(21)15(19)2/h5,8-9,16-17H,4,6-7,10-14H2,1-3H3. The number of piperidine rings is 1. The molecule has 1 aromatic rings. The third-order valence-electron chi connectivity index (χ3n) is 5.06. The van der Waals surface area contributed by atoms with Crippen molar-refractivity contribution in [3.8, 4) is 5.75 Å². The van der Waals surface area contributed by atoms with Crippen LogP contribution in [-0.2, 0) is 9.53 Å². The molecule has 25 heavy (non-hydrogen) atoms. The third kappa shape index (κ3) is 6.00. The lowest BCUT2D eigenvalue weighted by molar-refractivity contribution is -0.149. The van der Waals surface area contributed by atoms with Gasteiger partial charge in [-0.1, -0.05) is 22.0 Å². The van der Waals surface area contributed by atoms with Crippen LogP contribution in [0.1, 0.15) is 45.1 Å². The molecule has 4 nitrogen and oxygen atoms in total. The lowest BCUT2D eigenvalue weighted by Gasteiger charge is -2.34. The summed E-state index contributed by atoms with van der Waals surface area (Å²) in [6, 6.07) is 5.94. The number of esters is 1. The molecule has 1 heterocycles. The molecule has 2 rings (SSSR count). The van der Waals surface area contributed by atoms with Gasteiger partial charge in [-0.2, -0.15) is 0 Å². The Bertz CT molecular complexity index is 556. The van der Waals surface area contributed by atoms with Crippen molar-refractivity contribution in [2.75, 3.05) is 26.3 Å². The van der Waals surface area contributed by atoms with E-state index in [9.17, 15) is 4.79 Å². The molecule has 0 spiro atoms. The Balaban J connectivity index is 1.65. The summed E-state index contributed by atoms with van der Waals surface area (Å²) in [6.07, 6.45) is 4.57. The van der Waals surface area contributed by atoms with Crippen molar-refractivity contribution in [1.82, 2.24) is 4.90 Å². The molecule has 1 aliphatic rings. The van der Waals surface area contributed by atoms with Gasteiger partial charge in [-0.25, -0.2) is 0 Å². The molecule has 140 valence electrons. The summed E-state index contributed by atoms with van der Waals surface area (Å²) in [5.74, 6) is 1.60. The minimum Gasteiger partial charge on any atom is -0.493 e. The number of benzene rings is 1. The fourth-order valence-electron chi connectivity index (χ4n) is 3.34. The lowest BCUT2D eigenvalue weighted by atomic mass is 9.91. The van der Waals surface area contributed by atoms with E-state index in [1.54, 1.807) is 0 Å². The highest BCUT2D eigenvalue weighted by molar-refractivity contribution is 9.10. The van der Waals surface area contributed by atoms with Crippen LogP contribution in [0.15, 0.2) is 22.7 Å². The van der Waals surface area contributed by atoms with E-state index in [-0.39, 0.29) is 12.0 Å². The lowest BCUT2D eigenvalue weighted by Crippen LogP contribution is -2.44. The fourth-order valence-corrected chi connectivity index (χ4v) is 3.69. The van der Waals surface area contributed by atoms with Crippen LogP contribution in [-0.4, -0.2) is 43.2 Å². The van der Waals surface area contributed by atoms with Crippen molar-refractivity contribution >= 4 is 21.9 Å². The summed E-state index contributed by atoms with van der Waals surface area (Å²) >= 11 is 3.54. The Morgan fingerprint density at radius 1 is 1.36 bits per heavy atom. The number of nitrogens with zero attached hydrogens (tertiary/aromatic N) is 1. The molecule has 1 atom stereocenters. The van der Waals surface area contributed by atoms with Gasteiger partial charge in [0.15, 0.2) is 0 Å². The van der Waals surface area contributed by atoms with Crippen LogP contribution in [0.5, 0.6) is 5.75 Å². The van der Waals surface area contributed by atoms with Crippen molar-refractivity contribution < 1.29 is 14.3 Å². The molecular weight excluding hydrogens is 382 g/mol. The molecule has 1 unspecified atom stereocenters. The average Bonchev–Trinajstić information content (AvgIpc) is 2.62. The number of carbonyl (C=O) groups excluding carboxylic acids is 1. The summed E-state index contributed by atoms with van der Waals surface area (Å²) in [6.45, 7) is 9.06. The summed E-state index contributed by atoms with van der Waals surface area (Å²) in [5, 5.41) is 0. The number of ether oxygens (including phenoxy) is 2. The third-order valence-corrected chi connectivity index (χ3v) is 5.92. The van der Waals surface area contributed by atoms with Gasteiger partial charge in [0.1, 0.15) is 11.8 Å². The number of carbonyl (C=O) groups is 1. The van der Waals surface area contributed by atoms with Gasteiger partial charge in [0, 0.05) is 10.0 Å². The van der Waals surface area contributed by atoms with Gasteiger partial charge in [-0.05, 0) is 77.6 Å². The summed E-state index contributed by atoms with van der Waals surface area (Å²) in [5.41, 5.74) is 1.16. The highest BCUT2D eigenvalue weighted by atomic mass is 79.9. The Morgan fingerprint density at radius 2 is 2.08 bits per heavy atom. The molecule has 0 saturated carbocycles. The maximum atomic E-state index is 11.8. The molecule has 0 aliphatic carbocycles. The molecule has 1 fully saturated rings. The second kappa shape index (κ2) is 10.2. The van der Waals surface area contributed by atoms with Crippen molar-refractivity contribution in [3.05, 3.63) is 28.2 Å². The predicted molar refractivity (Wildman–Crippen MR) is 104 cm³/mol. The number of rotatable bonds is 8. The molecule has 0 aromatic heterocycles. The zero-order valence-corrected chi connectivity index (χ0v) is 17.2. The van der Waals surface area contributed by atoms with Gasteiger partial charge >= 0.3 is 5.97 Å². The van der Waals surface area contributed by atoms with Crippen LogP contribution in [0.25, 0.3) is 0 Å². The monoisotopic (exact) mass is 411 g/mol. The van der Waals surface area contributed by atoms with Crippen LogP contribution in [0.3, 0.4) is 0 Å². The van der Waals surface area contributed by atoms with Crippen molar-refractivity contribution in [2.45, 2.75) is 52.5 Å². The number of hydrogen-bond donors (Lipinski definition) is 0. The number of hydrogen-bond acceptors (Lipinski definition) is 4. The second-order valence-corrected chi connectivity index (χ2v) is 7.62. The first-order valence-corrected chi connectivity index (χ1v) is 10.1. The molecule has 0 amide bonds. The van der Waals surface area contributed by atoms with E-state index in [1.807, 2.05) is 32.0 Å². The maximum Gasteiger partial charge on any atom is 0.323 e. The minimum absolute atomic E-state index is 0.0984. The normalized spacial score (nSPS) is 17.3. The zero-order valence-electron chi connectivity index (χ0n) is 15.6. The van der Waals surface area contributed by atoms with Crippen LogP contribution < -0.4 is 4.74 Å². The molecule has 1 aliphatic heterocycles. The zero-order chi connectivity index (χ0) is 18.2. The van der Waals surface area contributed by atoms with E-state index in [1.165, 1.54) is 6.42 Å². The summed E-state index contributed by atoms with van der Waals surface area (Å²) < 4.78 is 12.1. The Hall–Kier alpha value is -1.07. The van der Waals surface area contributed by atoms with Crippen molar-refractivity contribution in [2.24, 2.45) is 5.92 Å². The molecule has 1 saturated heterocycles. The van der Waals surface area contributed by atoms with Gasteiger partial charge in [-0.15, -0.1) is 0 Å². The van der Waals surface area contributed by atoms with Gasteiger partial charge in [-0.3, -0.25) is 9.69 Å². The van der Waals surface area contributed by atoms with Gasteiger partial charge in [0.2, 0.25) is 0 Å². The van der Waals surface area contributed by atoms with E-state index < -0.39 is 0 Å². The second-order valence-electron chi connectivity index (χ2n) is 6.76. The molecule has 0 radical (unpaired) electrons. The average molecular weight is 412 g/mol. The highest BCUT2D eigenvalue weighted by Gasteiger charge is 2.27. The summed E-state index contributed by atoms with van der Waals surface area (Å²) in [4.78, 5) is 14.1. The first-order valence-electron chi connectivity index (χ1n) is 9.31. The van der Waals surface area contributed by atoms with Crippen LogP contribution in [0, 0.1) is 12.8 Å². The van der Waals surface area contributed by atoms with E-state index in [2.05, 4.69) is 27.8 Å². The maximum absolute atomic E-state index is 11.8. The quantitative estimate of drug-likeness (QED) is 0.463. The topological polar surface area (TPSA) is 38.8 Å². The first kappa shape index (κ1) is 20.2. The largest absolute Gasteiger partial charge is 0.493 e. The van der Waals surface area contributed by atoms with Crippen molar-refractivity contribution in [1.29, 1.82) is 0 Å². The highest BCUT2D eigenvalue weighted by Crippen LogP contribution is 2.27. The SMILES string of the molecule is CCOC(=O)C(C)N1CCC(CCCOc2cccc(Br)c2C)CC1. The molecule has 0 bridgehead atoms. The van der Waals surface area contributed by atoms with E-state index in [0.29, 0.717) is 6.61 Å². The fraction of sp³-hybridized carbons (Fsp3) is 0.650. The van der Waals surface area contributed by atoms with Crippen LogP contribution in [0.2, 0.25) is 0 Å².